The molecule has 6 heterocycles. The molecule has 0 radical (unpaired) electrons. The number of furan rings is 1. The zero-order valence-electron chi connectivity index (χ0n) is 29.0. The van der Waals surface area contributed by atoms with Crippen LogP contribution in [0.15, 0.2) is 172 Å². The molecular weight excluding hydrogens is 713 g/mol. The summed E-state index contributed by atoms with van der Waals surface area (Å²) in [4.78, 5) is 13.1. The number of thiophene rings is 1. The lowest BCUT2D eigenvalue weighted by Gasteiger charge is -2.21. The second-order valence-electron chi connectivity index (χ2n) is 14.1. The van der Waals surface area contributed by atoms with Crippen molar-refractivity contribution >= 4 is 98.2 Å². The van der Waals surface area contributed by atoms with Crippen molar-refractivity contribution < 1.29 is 4.42 Å². The Morgan fingerprint density at radius 2 is 1.25 bits per heavy atom. The third-order valence-corrected chi connectivity index (χ3v) is 13.4. The fourth-order valence-corrected chi connectivity index (χ4v) is 11.0. The minimum Gasteiger partial charge on any atom is -0.452 e. The number of benzene rings is 7. The summed E-state index contributed by atoms with van der Waals surface area (Å²) in [5, 5.41) is 7.19. The lowest BCUT2D eigenvalue weighted by molar-refractivity contribution is 0.667. The first-order valence-corrected chi connectivity index (χ1v) is 20.0. The van der Waals surface area contributed by atoms with Gasteiger partial charge in [-0.3, -0.25) is 9.13 Å². The van der Waals surface area contributed by atoms with Crippen LogP contribution in [0.25, 0.3) is 109 Å². The zero-order valence-corrected chi connectivity index (χ0v) is 30.7. The van der Waals surface area contributed by atoms with E-state index >= 15 is 0 Å². The van der Waals surface area contributed by atoms with Gasteiger partial charge in [-0.05, 0) is 72.8 Å². The number of fused-ring (bicyclic) bond motifs is 13. The van der Waals surface area contributed by atoms with Gasteiger partial charge in [0, 0.05) is 68.3 Å². The van der Waals surface area contributed by atoms with Gasteiger partial charge in [0.15, 0.2) is 11.4 Å². The molecule has 13 rings (SSSR count). The van der Waals surface area contributed by atoms with Gasteiger partial charge in [-0.25, -0.2) is 9.97 Å². The smallest absolute Gasteiger partial charge is 0.180 e. The zero-order chi connectivity index (χ0) is 35.8. The fraction of sp³-hybridized carbons (Fsp3) is 0. The first-order valence-electron chi connectivity index (χ1n) is 18.3. The van der Waals surface area contributed by atoms with E-state index in [2.05, 4.69) is 149 Å². The molecule has 0 atom stereocenters. The molecule has 0 unspecified atom stereocenters. The number of rotatable bonds is 3. The molecular formula is C48H26N4OS2. The molecule has 1 aliphatic rings. The van der Waals surface area contributed by atoms with Crippen molar-refractivity contribution in [1.29, 1.82) is 0 Å². The van der Waals surface area contributed by atoms with Crippen LogP contribution in [0.4, 0.5) is 0 Å². The molecule has 0 bridgehead atoms. The molecule has 5 aromatic heterocycles. The standard InChI is InChI=1S/C48H26N4OS2/c1-4-16-34-29(11-1)42-33-15-10-22-40-45(33)52(35-17-5-8-20-38(35)55-40)48(42)51(34)28-25-23-27(24-26-28)47-49-43-30-12-2-6-18-36(30)53-46(43)44(50-47)32-14-9-21-39-41(32)31-13-3-7-19-37(31)54-39/h1-26H. The van der Waals surface area contributed by atoms with Crippen LogP contribution in [0.3, 0.4) is 0 Å². The Labute approximate surface area is 321 Å². The maximum atomic E-state index is 6.57. The van der Waals surface area contributed by atoms with Crippen LogP contribution in [0.1, 0.15) is 0 Å². The summed E-state index contributed by atoms with van der Waals surface area (Å²) in [6, 6.07) is 56.2. The molecule has 0 N–H and O–H groups in total. The van der Waals surface area contributed by atoms with Crippen molar-refractivity contribution in [3.05, 3.63) is 158 Å². The van der Waals surface area contributed by atoms with Crippen molar-refractivity contribution in [3.8, 4) is 34.0 Å². The van der Waals surface area contributed by atoms with Gasteiger partial charge in [0.2, 0.25) is 0 Å². The SMILES string of the molecule is c1ccc2c(c1)Sc1cccc3c4c5ccccc5n(-c5ccc(-c6nc(-c7cccc8sc9ccccc9c78)c7oc8ccccc8c7n6)cc5)c4n-2c13. The van der Waals surface area contributed by atoms with Crippen LogP contribution in [0, 0.1) is 0 Å². The lowest BCUT2D eigenvalue weighted by atomic mass is 10.0. The van der Waals surface area contributed by atoms with Crippen LogP contribution < -0.4 is 0 Å². The van der Waals surface area contributed by atoms with Gasteiger partial charge in [-0.1, -0.05) is 96.7 Å². The molecule has 7 heteroatoms. The highest BCUT2D eigenvalue weighted by Gasteiger charge is 2.28. The summed E-state index contributed by atoms with van der Waals surface area (Å²) in [5.74, 6) is 0.666. The quantitative estimate of drug-likeness (QED) is 0.181. The van der Waals surface area contributed by atoms with E-state index in [4.69, 9.17) is 14.4 Å². The van der Waals surface area contributed by atoms with Gasteiger partial charge < -0.3 is 4.42 Å². The average Bonchev–Trinajstić information content (AvgIpc) is 3.99. The summed E-state index contributed by atoms with van der Waals surface area (Å²) >= 11 is 3.66. The molecule has 0 saturated carbocycles. The maximum absolute atomic E-state index is 6.57. The van der Waals surface area contributed by atoms with E-state index < -0.39 is 0 Å². The second-order valence-corrected chi connectivity index (χ2v) is 16.3. The molecule has 0 fully saturated rings. The minimum absolute atomic E-state index is 0.666. The highest BCUT2D eigenvalue weighted by atomic mass is 32.2. The molecule has 0 amide bonds. The van der Waals surface area contributed by atoms with E-state index in [1.165, 1.54) is 68.5 Å². The van der Waals surface area contributed by atoms with Gasteiger partial charge >= 0.3 is 0 Å². The average molecular weight is 739 g/mol. The van der Waals surface area contributed by atoms with Gasteiger partial charge in [-0.2, -0.15) is 0 Å². The molecule has 0 aliphatic carbocycles. The Bertz CT molecular complexity index is 3590. The van der Waals surface area contributed by atoms with E-state index in [-0.39, 0.29) is 0 Å². The molecule has 1 aliphatic heterocycles. The Hall–Kier alpha value is -6.67. The number of aromatic nitrogens is 4. The molecule has 5 nitrogen and oxygen atoms in total. The molecule has 256 valence electrons. The lowest BCUT2D eigenvalue weighted by Crippen LogP contribution is -2.05. The van der Waals surface area contributed by atoms with Crippen molar-refractivity contribution in [2.24, 2.45) is 0 Å². The second kappa shape index (κ2) is 10.9. The largest absolute Gasteiger partial charge is 0.452 e. The maximum Gasteiger partial charge on any atom is 0.180 e. The monoisotopic (exact) mass is 738 g/mol. The van der Waals surface area contributed by atoms with Gasteiger partial charge in [0.1, 0.15) is 22.4 Å². The molecule has 0 spiro atoms. The van der Waals surface area contributed by atoms with E-state index in [1.54, 1.807) is 0 Å². The predicted molar refractivity (Wildman–Crippen MR) is 228 cm³/mol. The summed E-state index contributed by atoms with van der Waals surface area (Å²) < 4.78 is 14.0. The molecule has 55 heavy (non-hydrogen) atoms. The van der Waals surface area contributed by atoms with Gasteiger partial charge in [0.25, 0.3) is 0 Å². The highest BCUT2D eigenvalue weighted by molar-refractivity contribution is 7.99. The number of nitrogens with zero attached hydrogens (tertiary/aromatic N) is 4. The van der Waals surface area contributed by atoms with Crippen LogP contribution >= 0.6 is 23.1 Å². The van der Waals surface area contributed by atoms with Crippen molar-refractivity contribution in [2.45, 2.75) is 9.79 Å². The topological polar surface area (TPSA) is 48.8 Å². The first kappa shape index (κ1) is 29.7. The van der Waals surface area contributed by atoms with Crippen molar-refractivity contribution in [2.75, 3.05) is 0 Å². The van der Waals surface area contributed by atoms with Gasteiger partial charge in [-0.15, -0.1) is 11.3 Å². The molecule has 12 aromatic rings. The van der Waals surface area contributed by atoms with Crippen molar-refractivity contribution in [3.63, 3.8) is 0 Å². The number of hydrogen-bond donors (Lipinski definition) is 0. The Morgan fingerprint density at radius 1 is 0.527 bits per heavy atom. The van der Waals surface area contributed by atoms with E-state index in [0.717, 1.165) is 39.0 Å². The number of para-hydroxylation sites is 4. The van der Waals surface area contributed by atoms with Crippen molar-refractivity contribution in [1.82, 2.24) is 19.1 Å². The summed E-state index contributed by atoms with van der Waals surface area (Å²) in [6.07, 6.45) is 0. The van der Waals surface area contributed by atoms with Crippen LogP contribution in [-0.2, 0) is 0 Å². The molecule has 7 aromatic carbocycles. The Kier molecular flexibility index (Phi) is 5.92. The summed E-state index contributed by atoms with van der Waals surface area (Å²) in [6.45, 7) is 0. The van der Waals surface area contributed by atoms with E-state index in [1.807, 2.05) is 41.3 Å². The third kappa shape index (κ3) is 4.03. The predicted octanol–water partition coefficient (Wildman–Crippen LogP) is 13.6. The van der Waals surface area contributed by atoms with E-state index in [0.29, 0.717) is 11.4 Å². The van der Waals surface area contributed by atoms with Crippen LogP contribution in [-0.4, -0.2) is 19.1 Å². The normalized spacial score (nSPS) is 12.7. The Morgan fingerprint density at radius 3 is 2.18 bits per heavy atom. The highest BCUT2D eigenvalue weighted by Crippen LogP contribution is 2.49. The fourth-order valence-electron chi connectivity index (χ4n) is 8.82. The van der Waals surface area contributed by atoms with Gasteiger partial charge in [0.05, 0.1) is 16.7 Å². The summed E-state index contributed by atoms with van der Waals surface area (Å²) in [5.41, 5.74) is 11.0. The van der Waals surface area contributed by atoms with Crippen LogP contribution in [0.5, 0.6) is 0 Å². The van der Waals surface area contributed by atoms with Crippen LogP contribution in [0.2, 0.25) is 0 Å². The Balaban J connectivity index is 1.05. The number of hydrogen-bond acceptors (Lipinski definition) is 5. The van der Waals surface area contributed by atoms with E-state index in [9.17, 15) is 0 Å². The minimum atomic E-state index is 0.666. The molecule has 0 saturated heterocycles. The summed E-state index contributed by atoms with van der Waals surface area (Å²) in [7, 11) is 0. The third-order valence-electron chi connectivity index (χ3n) is 11.1. The first-order chi connectivity index (χ1) is 27.3.